The lowest BCUT2D eigenvalue weighted by molar-refractivity contribution is 0.0758. The smallest absolute Gasteiger partial charge is 0.274 e. The number of rotatable bonds is 5. The number of fused-ring (bicyclic) bond motifs is 1. The minimum Gasteiger partial charge on any atom is -0.337 e. The quantitative estimate of drug-likeness (QED) is 0.848. The van der Waals surface area contributed by atoms with E-state index in [9.17, 15) is 4.79 Å². The SMILES string of the molecule is CCN(CCc1ccncc1)C(=O)c1nn(C)c2c1CCC2. The van der Waals surface area contributed by atoms with Gasteiger partial charge in [0.1, 0.15) is 0 Å². The maximum Gasteiger partial charge on any atom is 0.274 e. The minimum absolute atomic E-state index is 0.0651. The number of hydrogen-bond donors (Lipinski definition) is 0. The monoisotopic (exact) mass is 298 g/mol. The van der Waals surface area contributed by atoms with Crippen LogP contribution in [0.15, 0.2) is 24.5 Å². The van der Waals surface area contributed by atoms with E-state index in [1.54, 1.807) is 12.4 Å². The number of hydrogen-bond acceptors (Lipinski definition) is 3. The lowest BCUT2D eigenvalue weighted by Crippen LogP contribution is -2.33. The van der Waals surface area contributed by atoms with Gasteiger partial charge in [0, 0.05) is 43.8 Å². The van der Waals surface area contributed by atoms with Crippen LogP contribution in [0.3, 0.4) is 0 Å². The van der Waals surface area contributed by atoms with Gasteiger partial charge in [-0.1, -0.05) is 0 Å². The fraction of sp³-hybridized carbons (Fsp3) is 0.471. The molecule has 2 heterocycles. The van der Waals surface area contributed by atoms with Crippen LogP contribution in [0.5, 0.6) is 0 Å². The Labute approximate surface area is 131 Å². The molecular weight excluding hydrogens is 276 g/mol. The molecule has 1 aliphatic rings. The molecule has 0 saturated carbocycles. The Hall–Kier alpha value is -2.17. The third-order valence-corrected chi connectivity index (χ3v) is 4.41. The zero-order valence-electron chi connectivity index (χ0n) is 13.2. The van der Waals surface area contributed by atoms with Crippen LogP contribution in [0, 0.1) is 0 Å². The lowest BCUT2D eigenvalue weighted by Gasteiger charge is -2.20. The fourth-order valence-electron chi connectivity index (χ4n) is 3.15. The van der Waals surface area contributed by atoms with Crippen molar-refractivity contribution >= 4 is 5.91 Å². The molecule has 0 aliphatic heterocycles. The molecule has 1 amide bonds. The highest BCUT2D eigenvalue weighted by Crippen LogP contribution is 2.25. The van der Waals surface area contributed by atoms with Gasteiger partial charge in [-0.3, -0.25) is 14.5 Å². The van der Waals surface area contributed by atoms with E-state index in [2.05, 4.69) is 10.1 Å². The van der Waals surface area contributed by atoms with Gasteiger partial charge in [0.15, 0.2) is 5.69 Å². The molecule has 22 heavy (non-hydrogen) atoms. The molecule has 5 nitrogen and oxygen atoms in total. The number of pyridine rings is 1. The van der Waals surface area contributed by atoms with Gasteiger partial charge in [0.2, 0.25) is 0 Å². The topological polar surface area (TPSA) is 51.0 Å². The van der Waals surface area contributed by atoms with Gasteiger partial charge in [-0.15, -0.1) is 0 Å². The largest absolute Gasteiger partial charge is 0.337 e. The van der Waals surface area contributed by atoms with Crippen LogP contribution in [0.4, 0.5) is 0 Å². The van der Waals surface area contributed by atoms with Crippen molar-refractivity contribution in [2.75, 3.05) is 13.1 Å². The van der Waals surface area contributed by atoms with Crippen LogP contribution in [0.25, 0.3) is 0 Å². The van der Waals surface area contributed by atoms with E-state index < -0.39 is 0 Å². The van der Waals surface area contributed by atoms with Crippen molar-refractivity contribution in [1.29, 1.82) is 0 Å². The Balaban J connectivity index is 1.73. The summed E-state index contributed by atoms with van der Waals surface area (Å²) >= 11 is 0. The van der Waals surface area contributed by atoms with E-state index in [4.69, 9.17) is 0 Å². The van der Waals surface area contributed by atoms with Crippen molar-refractivity contribution in [2.24, 2.45) is 7.05 Å². The van der Waals surface area contributed by atoms with Crippen molar-refractivity contribution < 1.29 is 4.79 Å². The first-order valence-electron chi connectivity index (χ1n) is 7.93. The molecular formula is C17H22N4O. The van der Waals surface area contributed by atoms with Gasteiger partial charge in [-0.2, -0.15) is 5.10 Å². The average molecular weight is 298 g/mol. The standard InChI is InChI=1S/C17H22N4O/c1-3-21(12-9-13-7-10-18-11-8-13)17(22)16-14-5-4-6-15(14)20(2)19-16/h7-8,10-11H,3-6,9,12H2,1-2H3. The molecule has 3 rings (SSSR count). The molecule has 116 valence electrons. The highest BCUT2D eigenvalue weighted by Gasteiger charge is 2.27. The molecule has 0 unspecified atom stereocenters. The third kappa shape index (κ3) is 2.75. The maximum absolute atomic E-state index is 12.8. The van der Waals surface area contributed by atoms with Gasteiger partial charge in [-0.25, -0.2) is 0 Å². The van der Waals surface area contributed by atoms with Crippen molar-refractivity contribution in [3.8, 4) is 0 Å². The molecule has 0 fully saturated rings. The molecule has 5 heteroatoms. The van der Waals surface area contributed by atoms with E-state index in [0.717, 1.165) is 31.2 Å². The van der Waals surface area contributed by atoms with E-state index >= 15 is 0 Å². The number of likely N-dealkylation sites (N-methyl/N-ethyl adjacent to an activating group) is 1. The molecule has 1 aliphatic carbocycles. The second-order valence-electron chi connectivity index (χ2n) is 5.74. The Morgan fingerprint density at radius 3 is 2.82 bits per heavy atom. The third-order valence-electron chi connectivity index (χ3n) is 4.41. The average Bonchev–Trinajstić information content (AvgIpc) is 3.13. The number of aromatic nitrogens is 3. The molecule has 0 bridgehead atoms. The number of amides is 1. The zero-order chi connectivity index (χ0) is 15.5. The summed E-state index contributed by atoms with van der Waals surface area (Å²) in [4.78, 5) is 18.7. The second kappa shape index (κ2) is 6.30. The van der Waals surface area contributed by atoms with Gasteiger partial charge in [0.05, 0.1) is 0 Å². The summed E-state index contributed by atoms with van der Waals surface area (Å²) in [5.41, 5.74) is 4.25. The highest BCUT2D eigenvalue weighted by molar-refractivity contribution is 5.94. The molecule has 0 aromatic carbocycles. The Bertz CT molecular complexity index is 663. The van der Waals surface area contributed by atoms with Crippen LogP contribution in [0.1, 0.15) is 40.7 Å². The normalized spacial score (nSPS) is 13.2. The summed E-state index contributed by atoms with van der Waals surface area (Å²) in [6, 6.07) is 3.99. The van der Waals surface area contributed by atoms with Gasteiger partial charge < -0.3 is 4.90 Å². The fourth-order valence-corrected chi connectivity index (χ4v) is 3.15. The summed E-state index contributed by atoms with van der Waals surface area (Å²) in [5, 5.41) is 4.47. The summed E-state index contributed by atoms with van der Waals surface area (Å²) < 4.78 is 1.88. The van der Waals surface area contributed by atoms with Crippen LogP contribution in [-0.2, 0) is 26.3 Å². The first kappa shape index (κ1) is 14.8. The number of aryl methyl sites for hydroxylation is 1. The Morgan fingerprint density at radius 1 is 1.32 bits per heavy atom. The van der Waals surface area contributed by atoms with Crippen LogP contribution < -0.4 is 0 Å². The summed E-state index contributed by atoms with van der Waals surface area (Å²) in [6.07, 6.45) is 7.57. The van der Waals surface area contributed by atoms with E-state index in [0.29, 0.717) is 18.8 Å². The molecule has 0 saturated heterocycles. The minimum atomic E-state index is 0.0651. The number of carbonyl (C=O) groups excluding carboxylic acids is 1. The molecule has 2 aromatic heterocycles. The number of nitrogens with zero attached hydrogens (tertiary/aromatic N) is 4. The van der Waals surface area contributed by atoms with Gasteiger partial charge in [-0.05, 0) is 50.3 Å². The van der Waals surface area contributed by atoms with Crippen LogP contribution in [-0.4, -0.2) is 38.7 Å². The van der Waals surface area contributed by atoms with E-state index in [1.165, 1.54) is 11.3 Å². The Kier molecular flexibility index (Phi) is 4.22. The molecule has 0 atom stereocenters. The summed E-state index contributed by atoms with van der Waals surface area (Å²) in [6.45, 7) is 3.44. The molecule has 0 spiro atoms. The maximum atomic E-state index is 12.8. The lowest BCUT2D eigenvalue weighted by atomic mass is 10.1. The summed E-state index contributed by atoms with van der Waals surface area (Å²) in [5.74, 6) is 0.0651. The first-order valence-corrected chi connectivity index (χ1v) is 7.93. The molecule has 2 aromatic rings. The zero-order valence-corrected chi connectivity index (χ0v) is 13.2. The van der Waals surface area contributed by atoms with Gasteiger partial charge in [0.25, 0.3) is 5.91 Å². The summed E-state index contributed by atoms with van der Waals surface area (Å²) in [7, 11) is 1.94. The van der Waals surface area contributed by atoms with E-state index in [-0.39, 0.29) is 5.91 Å². The first-order chi connectivity index (χ1) is 10.7. The molecule has 0 N–H and O–H groups in total. The van der Waals surface area contributed by atoms with Gasteiger partial charge >= 0.3 is 0 Å². The van der Waals surface area contributed by atoms with Crippen molar-refractivity contribution in [1.82, 2.24) is 19.7 Å². The van der Waals surface area contributed by atoms with Crippen molar-refractivity contribution in [3.05, 3.63) is 47.0 Å². The highest BCUT2D eigenvalue weighted by atomic mass is 16.2. The molecule has 0 radical (unpaired) electrons. The Morgan fingerprint density at radius 2 is 2.09 bits per heavy atom. The second-order valence-corrected chi connectivity index (χ2v) is 5.74. The number of carbonyl (C=O) groups is 1. The predicted molar refractivity (Wildman–Crippen MR) is 84.8 cm³/mol. The van der Waals surface area contributed by atoms with E-state index in [1.807, 2.05) is 35.7 Å². The predicted octanol–water partition coefficient (Wildman–Crippen LogP) is 2.01. The van der Waals surface area contributed by atoms with Crippen LogP contribution >= 0.6 is 0 Å². The van der Waals surface area contributed by atoms with Crippen LogP contribution in [0.2, 0.25) is 0 Å². The van der Waals surface area contributed by atoms with Crippen molar-refractivity contribution in [2.45, 2.75) is 32.6 Å². The van der Waals surface area contributed by atoms with Crippen molar-refractivity contribution in [3.63, 3.8) is 0 Å².